The molecule has 0 saturated carbocycles. The number of aryl methyl sites for hydroxylation is 1. The first-order valence-corrected chi connectivity index (χ1v) is 4.78. The van der Waals surface area contributed by atoms with Crippen molar-refractivity contribution in [2.75, 3.05) is 0 Å². The van der Waals surface area contributed by atoms with Crippen molar-refractivity contribution in [3.05, 3.63) is 47.2 Å². The second-order valence-corrected chi connectivity index (χ2v) is 3.65. The SMILES string of the molecule is CC1=CNC(c2ccc(C)cc2)N=C1. The maximum absolute atomic E-state index is 4.41. The average Bonchev–Trinajstić information content (AvgIpc) is 2.21. The zero-order valence-electron chi connectivity index (χ0n) is 8.49. The first-order chi connectivity index (χ1) is 6.75. The van der Waals surface area contributed by atoms with Gasteiger partial charge in [0.25, 0.3) is 0 Å². The Morgan fingerprint density at radius 2 is 1.86 bits per heavy atom. The molecule has 0 amide bonds. The van der Waals surface area contributed by atoms with Crippen LogP contribution in [-0.4, -0.2) is 6.21 Å². The highest BCUT2D eigenvalue weighted by molar-refractivity contribution is 5.78. The van der Waals surface area contributed by atoms with E-state index in [1.54, 1.807) is 0 Å². The van der Waals surface area contributed by atoms with Crippen LogP contribution in [0.1, 0.15) is 24.2 Å². The van der Waals surface area contributed by atoms with Crippen LogP contribution in [0.25, 0.3) is 0 Å². The molecule has 2 heteroatoms. The molecule has 0 radical (unpaired) electrons. The molecule has 1 heterocycles. The Kier molecular flexibility index (Phi) is 2.35. The van der Waals surface area contributed by atoms with E-state index in [4.69, 9.17) is 0 Å². The molecule has 72 valence electrons. The van der Waals surface area contributed by atoms with Crippen molar-refractivity contribution >= 4 is 6.21 Å². The lowest BCUT2D eigenvalue weighted by Gasteiger charge is -2.17. The van der Waals surface area contributed by atoms with E-state index in [9.17, 15) is 0 Å². The number of nitrogens with one attached hydrogen (secondary N) is 1. The summed E-state index contributed by atoms with van der Waals surface area (Å²) >= 11 is 0. The van der Waals surface area contributed by atoms with Crippen molar-refractivity contribution < 1.29 is 0 Å². The molecule has 0 fully saturated rings. The van der Waals surface area contributed by atoms with E-state index < -0.39 is 0 Å². The van der Waals surface area contributed by atoms with Crippen molar-refractivity contribution in [2.45, 2.75) is 20.0 Å². The molecule has 1 aliphatic heterocycles. The van der Waals surface area contributed by atoms with Crippen molar-refractivity contribution in [3.63, 3.8) is 0 Å². The maximum Gasteiger partial charge on any atom is 0.144 e. The number of allylic oxidation sites excluding steroid dienone is 1. The second kappa shape index (κ2) is 3.66. The molecule has 2 rings (SSSR count). The van der Waals surface area contributed by atoms with Crippen molar-refractivity contribution in [1.29, 1.82) is 0 Å². The number of benzene rings is 1. The topological polar surface area (TPSA) is 24.4 Å². The monoisotopic (exact) mass is 186 g/mol. The number of nitrogens with zero attached hydrogens (tertiary/aromatic N) is 1. The molecular formula is C12H14N2. The molecule has 1 unspecified atom stereocenters. The molecule has 1 aromatic carbocycles. The minimum atomic E-state index is 0.0827. The van der Waals surface area contributed by atoms with Gasteiger partial charge in [-0.05, 0) is 25.0 Å². The number of aliphatic imine (C=N–C) groups is 1. The lowest BCUT2D eigenvalue weighted by molar-refractivity contribution is 0.648. The van der Waals surface area contributed by atoms with Gasteiger partial charge in [0, 0.05) is 12.4 Å². The summed E-state index contributed by atoms with van der Waals surface area (Å²) in [5.41, 5.74) is 3.64. The van der Waals surface area contributed by atoms with Gasteiger partial charge in [0.15, 0.2) is 0 Å². The van der Waals surface area contributed by atoms with Gasteiger partial charge in [0.2, 0.25) is 0 Å². The Balaban J connectivity index is 2.18. The van der Waals surface area contributed by atoms with Gasteiger partial charge in [-0.25, -0.2) is 0 Å². The number of hydrogen-bond acceptors (Lipinski definition) is 2. The van der Waals surface area contributed by atoms with Gasteiger partial charge >= 0.3 is 0 Å². The fourth-order valence-corrected chi connectivity index (χ4v) is 1.41. The smallest absolute Gasteiger partial charge is 0.144 e. The number of rotatable bonds is 1. The Morgan fingerprint density at radius 3 is 2.43 bits per heavy atom. The standard InChI is InChI=1S/C12H14N2/c1-9-3-5-11(6-4-9)12-13-7-10(2)8-14-12/h3-8,12-13H,1-2H3. The Bertz CT molecular complexity index is 374. The maximum atomic E-state index is 4.41. The van der Waals surface area contributed by atoms with Gasteiger partial charge in [-0.1, -0.05) is 29.8 Å². The highest BCUT2D eigenvalue weighted by Gasteiger charge is 2.08. The minimum Gasteiger partial charge on any atom is -0.366 e. The van der Waals surface area contributed by atoms with Crippen LogP contribution < -0.4 is 5.32 Å². The van der Waals surface area contributed by atoms with Gasteiger partial charge in [-0.15, -0.1) is 0 Å². The lowest BCUT2D eigenvalue weighted by atomic mass is 10.1. The summed E-state index contributed by atoms with van der Waals surface area (Å²) in [4.78, 5) is 4.41. The normalized spacial score (nSPS) is 20.1. The van der Waals surface area contributed by atoms with Crippen LogP contribution in [0.3, 0.4) is 0 Å². The van der Waals surface area contributed by atoms with Gasteiger partial charge < -0.3 is 5.32 Å². The third-order valence-corrected chi connectivity index (χ3v) is 2.29. The molecule has 1 aromatic rings. The van der Waals surface area contributed by atoms with Crippen LogP contribution in [0.5, 0.6) is 0 Å². The van der Waals surface area contributed by atoms with E-state index in [0.717, 1.165) is 5.57 Å². The average molecular weight is 186 g/mol. The number of hydrogen-bond donors (Lipinski definition) is 1. The van der Waals surface area contributed by atoms with Crippen LogP contribution in [0.15, 0.2) is 41.0 Å². The fourth-order valence-electron chi connectivity index (χ4n) is 1.41. The summed E-state index contributed by atoms with van der Waals surface area (Å²) in [6.07, 6.45) is 3.98. The van der Waals surface area contributed by atoms with Crippen LogP contribution >= 0.6 is 0 Å². The Labute approximate surface area is 84.4 Å². The van der Waals surface area contributed by atoms with Crippen molar-refractivity contribution in [1.82, 2.24) is 5.32 Å². The molecule has 2 nitrogen and oxygen atoms in total. The van der Waals surface area contributed by atoms with Gasteiger partial charge in [0.05, 0.1) is 0 Å². The zero-order chi connectivity index (χ0) is 9.97. The lowest BCUT2D eigenvalue weighted by Crippen LogP contribution is -2.17. The van der Waals surface area contributed by atoms with Gasteiger partial charge in [-0.2, -0.15) is 0 Å². The summed E-state index contributed by atoms with van der Waals surface area (Å²) in [5.74, 6) is 0. The summed E-state index contributed by atoms with van der Waals surface area (Å²) < 4.78 is 0. The van der Waals surface area contributed by atoms with E-state index in [0.29, 0.717) is 0 Å². The largest absolute Gasteiger partial charge is 0.366 e. The predicted octanol–water partition coefficient (Wildman–Crippen LogP) is 2.57. The van der Waals surface area contributed by atoms with Gasteiger partial charge in [0.1, 0.15) is 6.17 Å². The molecule has 0 aromatic heterocycles. The van der Waals surface area contributed by atoms with Crippen molar-refractivity contribution in [2.24, 2.45) is 4.99 Å². The Morgan fingerprint density at radius 1 is 1.14 bits per heavy atom. The second-order valence-electron chi connectivity index (χ2n) is 3.65. The van der Waals surface area contributed by atoms with E-state index >= 15 is 0 Å². The van der Waals surface area contributed by atoms with E-state index in [1.165, 1.54) is 11.1 Å². The van der Waals surface area contributed by atoms with E-state index in [1.807, 2.05) is 19.3 Å². The molecular weight excluding hydrogens is 172 g/mol. The molecule has 0 aliphatic carbocycles. The van der Waals surface area contributed by atoms with Crippen LogP contribution in [-0.2, 0) is 0 Å². The van der Waals surface area contributed by atoms with Crippen LogP contribution in [0, 0.1) is 6.92 Å². The quantitative estimate of drug-likeness (QED) is 0.716. The highest BCUT2D eigenvalue weighted by Crippen LogP contribution is 2.17. The zero-order valence-corrected chi connectivity index (χ0v) is 8.49. The van der Waals surface area contributed by atoms with Gasteiger partial charge in [-0.3, -0.25) is 4.99 Å². The molecule has 14 heavy (non-hydrogen) atoms. The van der Waals surface area contributed by atoms with Crippen molar-refractivity contribution in [3.8, 4) is 0 Å². The highest BCUT2D eigenvalue weighted by atomic mass is 15.1. The molecule has 0 bridgehead atoms. The fraction of sp³-hybridized carbons (Fsp3) is 0.250. The van der Waals surface area contributed by atoms with Crippen LogP contribution in [0.4, 0.5) is 0 Å². The van der Waals surface area contributed by atoms with Crippen LogP contribution in [0.2, 0.25) is 0 Å². The molecule has 0 saturated heterocycles. The molecule has 1 aliphatic rings. The summed E-state index contributed by atoms with van der Waals surface area (Å²) in [6.45, 7) is 4.12. The third kappa shape index (κ3) is 1.84. The first kappa shape index (κ1) is 9.00. The Hall–Kier alpha value is -1.57. The minimum absolute atomic E-state index is 0.0827. The molecule has 1 atom stereocenters. The first-order valence-electron chi connectivity index (χ1n) is 4.78. The molecule has 0 spiro atoms. The summed E-state index contributed by atoms with van der Waals surface area (Å²) in [7, 11) is 0. The summed E-state index contributed by atoms with van der Waals surface area (Å²) in [6, 6.07) is 8.44. The molecule has 1 N–H and O–H groups in total. The van der Waals surface area contributed by atoms with E-state index in [-0.39, 0.29) is 6.17 Å². The third-order valence-electron chi connectivity index (χ3n) is 2.29. The predicted molar refractivity (Wildman–Crippen MR) is 59.3 cm³/mol. The summed E-state index contributed by atoms with van der Waals surface area (Å²) in [5, 5.41) is 3.24. The van der Waals surface area contributed by atoms with E-state index in [2.05, 4.69) is 41.5 Å².